The molecular formula is C11H9NO4. The Hall–Kier alpha value is -2.35. The molecule has 5 nitrogen and oxygen atoms in total. The van der Waals surface area contributed by atoms with Crippen LogP contribution in [0, 0.1) is 22.0 Å². The first-order valence-electron chi connectivity index (χ1n) is 4.43. The Kier molecular flexibility index (Phi) is 4.04. The summed E-state index contributed by atoms with van der Waals surface area (Å²) in [5.74, 6) is 5.59. The highest BCUT2D eigenvalue weighted by Gasteiger charge is 2.08. The molecule has 0 spiro atoms. The highest BCUT2D eigenvalue weighted by molar-refractivity contribution is 5.56. The number of carbonyl (C=O) groups is 1. The Morgan fingerprint density at radius 2 is 2.25 bits per heavy atom. The van der Waals surface area contributed by atoms with Crippen molar-refractivity contribution in [3.05, 3.63) is 33.9 Å². The number of hydrogen-bond donors (Lipinski definition) is 0. The zero-order valence-electron chi connectivity index (χ0n) is 8.60. The Balaban J connectivity index is 3.10. The average Bonchev–Trinajstić information content (AvgIpc) is 2.29. The summed E-state index contributed by atoms with van der Waals surface area (Å²) in [5.41, 5.74) is 0.364. The summed E-state index contributed by atoms with van der Waals surface area (Å²) >= 11 is 0. The van der Waals surface area contributed by atoms with Crippen LogP contribution >= 0.6 is 0 Å². The molecule has 82 valence electrons. The van der Waals surface area contributed by atoms with Crippen molar-refractivity contribution in [3.8, 4) is 17.6 Å². The highest BCUT2D eigenvalue weighted by Crippen LogP contribution is 2.21. The van der Waals surface area contributed by atoms with E-state index in [4.69, 9.17) is 4.74 Å². The number of methoxy groups -OCH3 is 1. The van der Waals surface area contributed by atoms with Crippen molar-refractivity contribution in [1.82, 2.24) is 0 Å². The number of carbonyl (C=O) groups excluding carboxylic acids is 1. The molecule has 0 radical (unpaired) electrons. The Morgan fingerprint density at radius 3 is 2.81 bits per heavy atom. The smallest absolute Gasteiger partial charge is 0.274 e. The number of rotatable bonds is 3. The third kappa shape index (κ3) is 3.10. The molecule has 0 unspecified atom stereocenters. The number of hydrogen-bond acceptors (Lipinski definition) is 4. The summed E-state index contributed by atoms with van der Waals surface area (Å²) in [4.78, 5) is 20.1. The number of aldehydes is 1. The van der Waals surface area contributed by atoms with Crippen molar-refractivity contribution in [1.29, 1.82) is 0 Å². The molecule has 0 aliphatic carbocycles. The molecule has 0 bridgehead atoms. The van der Waals surface area contributed by atoms with Crippen molar-refractivity contribution < 1.29 is 14.5 Å². The van der Waals surface area contributed by atoms with Crippen molar-refractivity contribution in [2.45, 2.75) is 6.42 Å². The lowest BCUT2D eigenvalue weighted by Gasteiger charge is -2.00. The molecular weight excluding hydrogens is 210 g/mol. The van der Waals surface area contributed by atoms with Gasteiger partial charge in [0.2, 0.25) is 0 Å². The third-order valence-corrected chi connectivity index (χ3v) is 1.76. The van der Waals surface area contributed by atoms with E-state index in [2.05, 4.69) is 11.8 Å². The van der Waals surface area contributed by atoms with Gasteiger partial charge in [-0.2, -0.15) is 0 Å². The van der Waals surface area contributed by atoms with Crippen LogP contribution in [-0.2, 0) is 4.79 Å². The number of benzene rings is 1. The number of nitrogens with zero attached hydrogens (tertiary/aromatic N) is 1. The largest absolute Gasteiger partial charge is 0.496 e. The second-order valence-electron chi connectivity index (χ2n) is 2.85. The summed E-state index contributed by atoms with van der Waals surface area (Å²) in [6.45, 7) is 0. The summed E-state index contributed by atoms with van der Waals surface area (Å²) < 4.78 is 4.91. The van der Waals surface area contributed by atoms with Gasteiger partial charge < -0.3 is 9.53 Å². The maximum Gasteiger partial charge on any atom is 0.274 e. The Labute approximate surface area is 92.2 Å². The van der Waals surface area contributed by atoms with E-state index in [1.165, 1.54) is 19.2 Å². The van der Waals surface area contributed by atoms with Crippen LogP contribution in [0.15, 0.2) is 18.2 Å². The normalized spacial score (nSPS) is 8.81. The van der Waals surface area contributed by atoms with Gasteiger partial charge in [-0.3, -0.25) is 10.1 Å². The minimum absolute atomic E-state index is 0.0882. The van der Waals surface area contributed by atoms with Gasteiger partial charge in [0.25, 0.3) is 5.69 Å². The molecule has 1 aromatic rings. The van der Waals surface area contributed by atoms with Crippen molar-refractivity contribution in [2.24, 2.45) is 0 Å². The predicted molar refractivity (Wildman–Crippen MR) is 57.2 cm³/mol. The molecule has 0 saturated carbocycles. The van der Waals surface area contributed by atoms with Crippen LogP contribution in [-0.4, -0.2) is 18.3 Å². The zero-order chi connectivity index (χ0) is 12.0. The summed E-state index contributed by atoms with van der Waals surface area (Å²) in [7, 11) is 1.42. The van der Waals surface area contributed by atoms with Crippen LogP contribution in [0.2, 0.25) is 0 Å². The second kappa shape index (κ2) is 5.51. The molecule has 0 atom stereocenters. The van der Waals surface area contributed by atoms with Gasteiger partial charge in [0, 0.05) is 11.6 Å². The summed E-state index contributed by atoms with van der Waals surface area (Å²) in [6, 6.07) is 4.22. The average molecular weight is 219 g/mol. The first-order chi connectivity index (χ1) is 7.67. The van der Waals surface area contributed by atoms with Crippen molar-refractivity contribution >= 4 is 12.0 Å². The van der Waals surface area contributed by atoms with Gasteiger partial charge in [0.15, 0.2) is 0 Å². The van der Waals surface area contributed by atoms with Crippen LogP contribution in [0.4, 0.5) is 5.69 Å². The summed E-state index contributed by atoms with van der Waals surface area (Å²) in [6.07, 6.45) is 0.770. The molecule has 16 heavy (non-hydrogen) atoms. The van der Waals surface area contributed by atoms with Crippen LogP contribution in [0.3, 0.4) is 0 Å². The molecule has 0 aliphatic heterocycles. The van der Waals surface area contributed by atoms with E-state index >= 15 is 0 Å². The number of nitro groups is 1. The fraction of sp³-hybridized carbons (Fsp3) is 0.182. The molecule has 1 rings (SSSR count). The van der Waals surface area contributed by atoms with E-state index in [1.807, 2.05) is 0 Å². The zero-order valence-corrected chi connectivity index (χ0v) is 8.60. The molecule has 0 fully saturated rings. The molecule has 5 heteroatoms. The lowest BCUT2D eigenvalue weighted by molar-refractivity contribution is -0.384. The van der Waals surface area contributed by atoms with Crippen LogP contribution in [0.25, 0.3) is 0 Å². The van der Waals surface area contributed by atoms with E-state index in [9.17, 15) is 14.9 Å². The Morgan fingerprint density at radius 1 is 1.50 bits per heavy atom. The standard InChI is InChI=1S/C11H9NO4/c1-16-11-7-9(4-2-3-5-13)6-10(8-11)12(14)15/h5-8H,3H2,1H3. The monoisotopic (exact) mass is 219 g/mol. The van der Waals surface area contributed by atoms with Gasteiger partial charge in [0.05, 0.1) is 24.5 Å². The van der Waals surface area contributed by atoms with Gasteiger partial charge >= 0.3 is 0 Å². The number of nitro benzene ring substituents is 1. The van der Waals surface area contributed by atoms with Gasteiger partial charge in [-0.25, -0.2) is 0 Å². The predicted octanol–water partition coefficient (Wildman–Crippen LogP) is 1.54. The molecule has 0 aliphatic rings. The maximum atomic E-state index is 10.6. The minimum atomic E-state index is -0.520. The lowest BCUT2D eigenvalue weighted by Crippen LogP contribution is -1.91. The molecule has 0 N–H and O–H groups in total. The molecule has 0 heterocycles. The highest BCUT2D eigenvalue weighted by atomic mass is 16.6. The van der Waals surface area contributed by atoms with E-state index in [0.29, 0.717) is 17.6 Å². The van der Waals surface area contributed by atoms with Gasteiger partial charge in [-0.15, -0.1) is 0 Å². The molecule has 0 saturated heterocycles. The first-order valence-corrected chi connectivity index (χ1v) is 4.43. The number of ether oxygens (including phenoxy) is 1. The Bertz CT molecular complexity index is 471. The van der Waals surface area contributed by atoms with Crippen LogP contribution < -0.4 is 4.74 Å². The lowest BCUT2D eigenvalue weighted by atomic mass is 10.2. The fourth-order valence-corrected chi connectivity index (χ4v) is 1.07. The summed E-state index contributed by atoms with van der Waals surface area (Å²) in [5, 5.41) is 10.6. The van der Waals surface area contributed by atoms with E-state index in [0.717, 1.165) is 0 Å². The van der Waals surface area contributed by atoms with Gasteiger partial charge in [-0.1, -0.05) is 11.8 Å². The van der Waals surface area contributed by atoms with Gasteiger partial charge in [-0.05, 0) is 6.07 Å². The van der Waals surface area contributed by atoms with Crippen LogP contribution in [0.1, 0.15) is 12.0 Å². The quantitative estimate of drug-likeness (QED) is 0.334. The van der Waals surface area contributed by atoms with Crippen molar-refractivity contribution in [3.63, 3.8) is 0 Å². The third-order valence-electron chi connectivity index (χ3n) is 1.76. The van der Waals surface area contributed by atoms with E-state index in [-0.39, 0.29) is 12.1 Å². The first kappa shape index (κ1) is 11.7. The van der Waals surface area contributed by atoms with Crippen LogP contribution in [0.5, 0.6) is 5.75 Å². The molecule has 0 aromatic heterocycles. The van der Waals surface area contributed by atoms with E-state index < -0.39 is 4.92 Å². The topological polar surface area (TPSA) is 69.4 Å². The minimum Gasteiger partial charge on any atom is -0.496 e. The number of non-ortho nitro benzene ring substituents is 1. The van der Waals surface area contributed by atoms with Gasteiger partial charge in [0.1, 0.15) is 12.0 Å². The molecule has 0 amide bonds. The SMILES string of the molecule is COc1cc(C#CCC=O)cc([N+](=O)[O-])c1. The van der Waals surface area contributed by atoms with Crippen molar-refractivity contribution in [2.75, 3.05) is 7.11 Å². The fourth-order valence-electron chi connectivity index (χ4n) is 1.07. The maximum absolute atomic E-state index is 10.6. The van der Waals surface area contributed by atoms with E-state index in [1.54, 1.807) is 6.07 Å². The second-order valence-corrected chi connectivity index (χ2v) is 2.85. The molecule has 1 aromatic carbocycles.